The van der Waals surface area contributed by atoms with E-state index in [9.17, 15) is 13.2 Å². The molecule has 0 amide bonds. The Kier molecular flexibility index (Phi) is 5.12. The standard InChI is InChI=1S/C6H11BrF3NO/c1-11(2-3-12)4-5(7)6(8,9)10/h5,12H,2-4H2,1H3. The fraction of sp³-hybridized carbons (Fsp3) is 1.00. The second-order valence-corrected chi connectivity index (χ2v) is 3.60. The molecular formula is C6H11BrF3NO. The van der Waals surface area contributed by atoms with Gasteiger partial charge in [-0.2, -0.15) is 13.2 Å². The maximum Gasteiger partial charge on any atom is 0.402 e. The van der Waals surface area contributed by atoms with E-state index in [0.29, 0.717) is 0 Å². The van der Waals surface area contributed by atoms with Crippen LogP contribution in [-0.4, -0.2) is 47.8 Å². The van der Waals surface area contributed by atoms with Gasteiger partial charge in [0.1, 0.15) is 4.83 Å². The molecule has 0 aromatic carbocycles. The molecule has 0 heterocycles. The van der Waals surface area contributed by atoms with Crippen LogP contribution in [0.1, 0.15) is 0 Å². The van der Waals surface area contributed by atoms with Crippen molar-refractivity contribution in [1.29, 1.82) is 0 Å². The van der Waals surface area contributed by atoms with Gasteiger partial charge in [0.2, 0.25) is 0 Å². The van der Waals surface area contributed by atoms with E-state index in [4.69, 9.17) is 5.11 Å². The number of aliphatic hydroxyl groups excluding tert-OH is 1. The molecule has 0 aliphatic rings. The summed E-state index contributed by atoms with van der Waals surface area (Å²) in [5.41, 5.74) is 0. The Labute approximate surface area is 77.5 Å². The predicted octanol–water partition coefficient (Wildman–Crippen LogP) is 1.24. The van der Waals surface area contributed by atoms with E-state index in [-0.39, 0.29) is 19.7 Å². The molecule has 1 unspecified atom stereocenters. The van der Waals surface area contributed by atoms with E-state index in [1.165, 1.54) is 11.9 Å². The van der Waals surface area contributed by atoms with Crippen LogP contribution in [-0.2, 0) is 0 Å². The third-order valence-electron chi connectivity index (χ3n) is 1.31. The van der Waals surface area contributed by atoms with Gasteiger partial charge in [-0.1, -0.05) is 15.9 Å². The maximum atomic E-state index is 11.9. The van der Waals surface area contributed by atoms with Crippen LogP contribution in [0.2, 0.25) is 0 Å². The molecular weight excluding hydrogens is 239 g/mol. The van der Waals surface area contributed by atoms with Gasteiger partial charge >= 0.3 is 6.18 Å². The molecule has 0 saturated carbocycles. The van der Waals surface area contributed by atoms with Gasteiger partial charge < -0.3 is 10.0 Å². The van der Waals surface area contributed by atoms with E-state index >= 15 is 0 Å². The Balaban J connectivity index is 3.76. The number of aliphatic hydroxyl groups is 1. The van der Waals surface area contributed by atoms with E-state index in [1.54, 1.807) is 0 Å². The van der Waals surface area contributed by atoms with Crippen molar-refractivity contribution in [1.82, 2.24) is 4.90 Å². The van der Waals surface area contributed by atoms with Crippen molar-refractivity contribution < 1.29 is 18.3 Å². The Morgan fingerprint density at radius 3 is 2.33 bits per heavy atom. The normalized spacial score (nSPS) is 15.2. The lowest BCUT2D eigenvalue weighted by Gasteiger charge is -2.20. The highest BCUT2D eigenvalue weighted by Gasteiger charge is 2.37. The lowest BCUT2D eigenvalue weighted by atomic mass is 10.4. The van der Waals surface area contributed by atoms with Crippen molar-refractivity contribution in [3.05, 3.63) is 0 Å². The van der Waals surface area contributed by atoms with Crippen molar-refractivity contribution in [3.8, 4) is 0 Å². The summed E-state index contributed by atoms with van der Waals surface area (Å²) in [5.74, 6) is 0. The van der Waals surface area contributed by atoms with Crippen LogP contribution in [0.15, 0.2) is 0 Å². The summed E-state index contributed by atoms with van der Waals surface area (Å²) in [6, 6.07) is 0. The first-order chi connectivity index (χ1) is 5.38. The molecule has 6 heteroatoms. The highest BCUT2D eigenvalue weighted by atomic mass is 79.9. The van der Waals surface area contributed by atoms with Crippen molar-refractivity contribution in [3.63, 3.8) is 0 Å². The number of alkyl halides is 4. The van der Waals surface area contributed by atoms with E-state index in [0.717, 1.165) is 0 Å². The van der Waals surface area contributed by atoms with Crippen LogP contribution in [0.5, 0.6) is 0 Å². The summed E-state index contributed by atoms with van der Waals surface area (Å²) >= 11 is 2.52. The molecule has 0 aliphatic heterocycles. The molecule has 0 bridgehead atoms. The van der Waals surface area contributed by atoms with Gasteiger partial charge in [0.25, 0.3) is 0 Å². The summed E-state index contributed by atoms with van der Waals surface area (Å²) in [4.78, 5) is -0.117. The van der Waals surface area contributed by atoms with E-state index in [2.05, 4.69) is 15.9 Å². The second-order valence-electron chi connectivity index (χ2n) is 2.49. The smallest absolute Gasteiger partial charge is 0.395 e. The van der Waals surface area contributed by atoms with Crippen LogP contribution in [0.3, 0.4) is 0 Å². The molecule has 0 aromatic heterocycles. The zero-order valence-corrected chi connectivity index (χ0v) is 8.19. The Bertz CT molecular complexity index is 130. The highest BCUT2D eigenvalue weighted by Crippen LogP contribution is 2.26. The van der Waals surface area contributed by atoms with Gasteiger partial charge in [-0.15, -0.1) is 0 Å². The number of nitrogens with zero attached hydrogens (tertiary/aromatic N) is 1. The summed E-state index contributed by atoms with van der Waals surface area (Å²) in [6.45, 7) is -0.0314. The molecule has 12 heavy (non-hydrogen) atoms. The molecule has 0 fully saturated rings. The third-order valence-corrected chi connectivity index (χ3v) is 2.12. The first-order valence-corrected chi connectivity index (χ1v) is 4.29. The minimum absolute atomic E-state index is 0.131. The minimum atomic E-state index is -4.22. The van der Waals surface area contributed by atoms with Crippen LogP contribution in [0.25, 0.3) is 0 Å². The first kappa shape index (κ1) is 12.2. The largest absolute Gasteiger partial charge is 0.402 e. The lowest BCUT2D eigenvalue weighted by molar-refractivity contribution is -0.130. The predicted molar refractivity (Wildman–Crippen MR) is 43.4 cm³/mol. The zero-order valence-electron chi connectivity index (χ0n) is 6.60. The average Bonchev–Trinajstić information content (AvgIpc) is 1.85. The SMILES string of the molecule is CN(CCO)CC(Br)C(F)(F)F. The zero-order chi connectivity index (χ0) is 9.78. The summed E-state index contributed by atoms with van der Waals surface area (Å²) in [5, 5.41) is 8.41. The van der Waals surface area contributed by atoms with Crippen molar-refractivity contribution >= 4 is 15.9 Å². The third kappa shape index (κ3) is 4.95. The molecule has 1 atom stereocenters. The number of rotatable bonds is 4. The fourth-order valence-electron chi connectivity index (χ4n) is 0.639. The number of likely N-dealkylation sites (N-methyl/N-ethyl adjacent to an activating group) is 1. The summed E-state index contributed by atoms with van der Waals surface area (Å²) < 4.78 is 35.7. The van der Waals surface area contributed by atoms with Gasteiger partial charge in [-0.3, -0.25) is 0 Å². The maximum absolute atomic E-state index is 11.9. The second kappa shape index (κ2) is 5.04. The van der Waals surface area contributed by atoms with Crippen LogP contribution >= 0.6 is 15.9 Å². The quantitative estimate of drug-likeness (QED) is 0.759. The molecule has 0 aromatic rings. The van der Waals surface area contributed by atoms with Gasteiger partial charge in [0, 0.05) is 13.1 Å². The van der Waals surface area contributed by atoms with Gasteiger partial charge in [-0.05, 0) is 7.05 Å². The Morgan fingerprint density at radius 2 is 2.00 bits per heavy atom. The summed E-state index contributed by atoms with van der Waals surface area (Å²) in [7, 11) is 1.52. The first-order valence-electron chi connectivity index (χ1n) is 3.38. The number of hydrogen-bond donors (Lipinski definition) is 1. The number of halogens is 4. The Morgan fingerprint density at radius 1 is 1.50 bits per heavy atom. The van der Waals surface area contributed by atoms with Crippen LogP contribution in [0.4, 0.5) is 13.2 Å². The van der Waals surface area contributed by atoms with E-state index < -0.39 is 11.0 Å². The molecule has 74 valence electrons. The van der Waals surface area contributed by atoms with Crippen molar-refractivity contribution in [2.75, 3.05) is 26.7 Å². The molecule has 0 radical (unpaired) electrons. The Hall–Kier alpha value is 0.190. The van der Waals surface area contributed by atoms with E-state index in [1.807, 2.05) is 0 Å². The van der Waals surface area contributed by atoms with Crippen LogP contribution in [0, 0.1) is 0 Å². The average molecular weight is 250 g/mol. The van der Waals surface area contributed by atoms with Crippen LogP contribution < -0.4 is 0 Å². The molecule has 0 aliphatic carbocycles. The molecule has 0 saturated heterocycles. The minimum Gasteiger partial charge on any atom is -0.395 e. The molecule has 1 N–H and O–H groups in total. The van der Waals surface area contributed by atoms with Gasteiger partial charge in [0.05, 0.1) is 6.61 Å². The fourth-order valence-corrected chi connectivity index (χ4v) is 1.13. The van der Waals surface area contributed by atoms with Gasteiger partial charge in [0.15, 0.2) is 0 Å². The topological polar surface area (TPSA) is 23.5 Å². The van der Waals surface area contributed by atoms with Gasteiger partial charge in [-0.25, -0.2) is 0 Å². The highest BCUT2D eigenvalue weighted by molar-refractivity contribution is 9.09. The van der Waals surface area contributed by atoms with Crippen molar-refractivity contribution in [2.45, 2.75) is 11.0 Å². The monoisotopic (exact) mass is 249 g/mol. The number of hydrogen-bond acceptors (Lipinski definition) is 2. The van der Waals surface area contributed by atoms with Crippen molar-refractivity contribution in [2.24, 2.45) is 0 Å². The summed E-state index contributed by atoms with van der Waals surface area (Å²) in [6.07, 6.45) is -4.22. The lowest BCUT2D eigenvalue weighted by Crippen LogP contribution is -2.36. The molecule has 0 rings (SSSR count). The molecule has 0 spiro atoms. The molecule has 2 nitrogen and oxygen atoms in total.